The molecule has 0 spiro atoms. The minimum Gasteiger partial charge on any atom is -0.491 e. The molecule has 0 aliphatic heterocycles. The molecule has 0 unspecified atom stereocenters. The first-order valence-corrected chi connectivity index (χ1v) is 20.8. The summed E-state index contributed by atoms with van der Waals surface area (Å²) >= 11 is 0. The highest BCUT2D eigenvalue weighted by Crippen LogP contribution is 2.15. The molecule has 10 heteroatoms. The van der Waals surface area contributed by atoms with Crippen LogP contribution in [0.5, 0.6) is 5.75 Å². The highest BCUT2D eigenvalue weighted by molar-refractivity contribution is 5.27. The van der Waals surface area contributed by atoms with E-state index in [4.69, 9.17) is 47.4 Å². The second-order valence-electron chi connectivity index (χ2n) is 13.0. The minimum atomic E-state index is 0.526. The lowest BCUT2D eigenvalue weighted by Gasteiger charge is -2.09. The van der Waals surface area contributed by atoms with E-state index in [1.54, 1.807) is 0 Å². The third kappa shape index (κ3) is 37.0. The Kier molecular flexibility index (Phi) is 39.7. The molecule has 0 atom stereocenters. The van der Waals surface area contributed by atoms with Crippen molar-refractivity contribution in [2.24, 2.45) is 0 Å². The SMILES string of the molecule is CCCCCCCCCCOCCOCCOCCOCCOCCOCCOCCOCCOCCOc1ccc(CCCCCCCC)cc1. The van der Waals surface area contributed by atoms with Crippen LogP contribution in [0.15, 0.2) is 24.3 Å². The fourth-order valence-electron chi connectivity index (χ4n) is 5.28. The molecule has 0 amide bonds. The summed E-state index contributed by atoms with van der Waals surface area (Å²) in [6.07, 6.45) is 19.7. The fraction of sp³-hybridized carbons (Fsp3) is 0.857. The second kappa shape index (κ2) is 42.4. The van der Waals surface area contributed by atoms with Crippen LogP contribution in [0.25, 0.3) is 0 Å². The van der Waals surface area contributed by atoms with Crippen LogP contribution < -0.4 is 4.74 Å². The van der Waals surface area contributed by atoms with Crippen molar-refractivity contribution < 1.29 is 47.4 Å². The van der Waals surface area contributed by atoms with Crippen LogP contribution in [0.3, 0.4) is 0 Å². The third-order valence-electron chi connectivity index (χ3n) is 8.36. The molecule has 0 radical (unpaired) electrons. The molecule has 0 fully saturated rings. The highest BCUT2D eigenvalue weighted by Gasteiger charge is 1.99. The number of aryl methyl sites for hydroxylation is 1. The van der Waals surface area contributed by atoms with Gasteiger partial charge in [0.2, 0.25) is 0 Å². The lowest BCUT2D eigenvalue weighted by molar-refractivity contribution is -0.0254. The van der Waals surface area contributed by atoms with Gasteiger partial charge in [-0.2, -0.15) is 0 Å². The van der Waals surface area contributed by atoms with Crippen molar-refractivity contribution in [2.75, 3.05) is 126 Å². The Balaban J connectivity index is 1.67. The predicted octanol–water partition coefficient (Wildman–Crippen LogP) is 8.26. The van der Waals surface area contributed by atoms with Crippen molar-refractivity contribution in [1.82, 2.24) is 0 Å². The molecule has 0 aromatic heterocycles. The fourth-order valence-corrected chi connectivity index (χ4v) is 5.28. The van der Waals surface area contributed by atoms with E-state index < -0.39 is 0 Å². The standard InChI is InChI=1S/C42H78O10/c1-3-5-7-9-11-12-14-16-22-43-23-24-44-25-26-45-27-28-46-29-30-47-31-32-48-33-34-49-35-36-50-37-38-51-39-40-52-42-20-18-41(19-21-42)17-15-13-10-8-6-4-2/h18-21H,3-17,22-40H2,1-2H3. The van der Waals surface area contributed by atoms with Gasteiger partial charge in [-0.3, -0.25) is 0 Å². The first-order chi connectivity index (χ1) is 25.9. The number of hydrogen-bond donors (Lipinski definition) is 0. The lowest BCUT2D eigenvalue weighted by Crippen LogP contribution is -2.15. The van der Waals surface area contributed by atoms with E-state index in [1.807, 2.05) is 0 Å². The normalized spacial score (nSPS) is 11.5. The molecular weight excluding hydrogens is 664 g/mol. The Bertz CT molecular complexity index is 797. The maximum atomic E-state index is 5.78. The van der Waals surface area contributed by atoms with Crippen molar-refractivity contribution >= 4 is 0 Å². The van der Waals surface area contributed by atoms with Crippen LogP contribution in [0.4, 0.5) is 0 Å². The summed E-state index contributed by atoms with van der Waals surface area (Å²) in [5.41, 5.74) is 1.38. The Morgan fingerprint density at radius 1 is 0.288 bits per heavy atom. The van der Waals surface area contributed by atoms with E-state index >= 15 is 0 Å². The van der Waals surface area contributed by atoms with E-state index in [0.717, 1.165) is 25.2 Å². The van der Waals surface area contributed by atoms with Crippen LogP contribution in [0, 0.1) is 0 Å². The van der Waals surface area contributed by atoms with Crippen molar-refractivity contribution in [3.63, 3.8) is 0 Å². The molecule has 0 saturated carbocycles. The number of ether oxygens (including phenoxy) is 10. The molecule has 0 aliphatic rings. The summed E-state index contributed by atoms with van der Waals surface area (Å²) < 4.78 is 55.7. The van der Waals surface area contributed by atoms with Gasteiger partial charge in [0, 0.05) is 6.61 Å². The van der Waals surface area contributed by atoms with Crippen molar-refractivity contribution in [2.45, 2.75) is 110 Å². The number of benzene rings is 1. The van der Waals surface area contributed by atoms with Gasteiger partial charge in [-0.15, -0.1) is 0 Å². The molecule has 10 nitrogen and oxygen atoms in total. The first-order valence-electron chi connectivity index (χ1n) is 20.8. The second-order valence-corrected chi connectivity index (χ2v) is 13.0. The lowest BCUT2D eigenvalue weighted by atomic mass is 10.0. The Hall–Kier alpha value is -1.34. The maximum Gasteiger partial charge on any atom is 0.119 e. The zero-order valence-corrected chi connectivity index (χ0v) is 33.4. The van der Waals surface area contributed by atoms with Crippen molar-refractivity contribution in [3.05, 3.63) is 29.8 Å². The largest absolute Gasteiger partial charge is 0.491 e. The molecule has 1 rings (SSSR count). The summed E-state index contributed by atoms with van der Waals surface area (Å²) in [6.45, 7) is 15.2. The monoisotopic (exact) mass is 743 g/mol. The zero-order valence-electron chi connectivity index (χ0n) is 33.4. The Morgan fingerprint density at radius 3 is 0.942 bits per heavy atom. The van der Waals surface area contributed by atoms with E-state index in [2.05, 4.69) is 38.1 Å². The molecule has 0 heterocycles. The predicted molar refractivity (Wildman–Crippen MR) is 209 cm³/mol. The van der Waals surface area contributed by atoms with Gasteiger partial charge in [-0.25, -0.2) is 0 Å². The molecule has 306 valence electrons. The smallest absolute Gasteiger partial charge is 0.119 e. The average molecular weight is 743 g/mol. The van der Waals surface area contributed by atoms with Gasteiger partial charge in [0.1, 0.15) is 12.4 Å². The van der Waals surface area contributed by atoms with Crippen molar-refractivity contribution in [3.8, 4) is 5.75 Å². The highest BCUT2D eigenvalue weighted by atomic mass is 16.6. The van der Waals surface area contributed by atoms with Gasteiger partial charge in [0.15, 0.2) is 0 Å². The van der Waals surface area contributed by atoms with E-state index in [9.17, 15) is 0 Å². The quantitative estimate of drug-likeness (QED) is 0.0609. The van der Waals surface area contributed by atoms with E-state index in [1.165, 1.54) is 89.0 Å². The minimum absolute atomic E-state index is 0.526. The molecule has 0 N–H and O–H groups in total. The van der Waals surface area contributed by atoms with Gasteiger partial charge in [-0.05, 0) is 37.0 Å². The summed E-state index contributed by atoms with van der Waals surface area (Å²) in [4.78, 5) is 0. The molecule has 52 heavy (non-hydrogen) atoms. The van der Waals surface area contributed by atoms with Gasteiger partial charge in [0.25, 0.3) is 0 Å². The zero-order chi connectivity index (χ0) is 37.1. The van der Waals surface area contributed by atoms with Gasteiger partial charge >= 0.3 is 0 Å². The maximum absolute atomic E-state index is 5.78. The molecule has 0 aliphatic carbocycles. The molecule has 1 aromatic carbocycles. The summed E-state index contributed by atoms with van der Waals surface area (Å²) in [7, 11) is 0. The molecule has 1 aromatic rings. The first kappa shape index (κ1) is 48.7. The van der Waals surface area contributed by atoms with Crippen LogP contribution >= 0.6 is 0 Å². The third-order valence-corrected chi connectivity index (χ3v) is 8.36. The molecule has 0 bridgehead atoms. The van der Waals surface area contributed by atoms with E-state index in [0.29, 0.717) is 119 Å². The van der Waals surface area contributed by atoms with Gasteiger partial charge < -0.3 is 47.4 Å². The van der Waals surface area contributed by atoms with Crippen LogP contribution in [0.2, 0.25) is 0 Å². The van der Waals surface area contributed by atoms with Gasteiger partial charge in [-0.1, -0.05) is 103 Å². The van der Waals surface area contributed by atoms with Gasteiger partial charge in [0.05, 0.1) is 112 Å². The number of unbranched alkanes of at least 4 members (excludes halogenated alkanes) is 12. The van der Waals surface area contributed by atoms with Crippen molar-refractivity contribution in [1.29, 1.82) is 0 Å². The number of hydrogen-bond acceptors (Lipinski definition) is 10. The molecule has 0 saturated heterocycles. The van der Waals surface area contributed by atoms with Crippen LogP contribution in [-0.2, 0) is 49.1 Å². The van der Waals surface area contributed by atoms with Crippen LogP contribution in [0.1, 0.15) is 109 Å². The summed E-state index contributed by atoms with van der Waals surface area (Å²) in [5, 5.41) is 0. The van der Waals surface area contributed by atoms with Crippen LogP contribution in [-0.4, -0.2) is 126 Å². The number of rotatable bonds is 44. The topological polar surface area (TPSA) is 92.3 Å². The summed E-state index contributed by atoms with van der Waals surface area (Å²) in [6, 6.07) is 8.45. The molecular formula is C42H78O10. The summed E-state index contributed by atoms with van der Waals surface area (Å²) in [5.74, 6) is 0.890. The Morgan fingerprint density at radius 2 is 0.577 bits per heavy atom. The van der Waals surface area contributed by atoms with E-state index in [-0.39, 0.29) is 0 Å². The Labute approximate surface area is 318 Å². The average Bonchev–Trinajstić information content (AvgIpc) is 3.16.